The number of rotatable bonds is 5. The maximum Gasteiger partial charge on any atom is 0.183 e. The molecule has 86 valence electrons. The summed E-state index contributed by atoms with van der Waals surface area (Å²) in [5, 5.41) is 15.3. The number of aryl methyl sites for hydroxylation is 1. The van der Waals surface area contributed by atoms with Gasteiger partial charge in [0.1, 0.15) is 11.9 Å². The Balaban J connectivity index is 2.07. The second-order valence-corrected chi connectivity index (χ2v) is 4.21. The first-order valence-electron chi connectivity index (χ1n) is 5.14. The Kier molecular flexibility index (Phi) is 3.53. The molecule has 6 heteroatoms. The lowest BCUT2D eigenvalue weighted by atomic mass is 10.3. The quantitative estimate of drug-likeness (QED) is 0.739. The van der Waals surface area contributed by atoms with Crippen LogP contribution in [-0.2, 0) is 6.42 Å². The topological polar surface area (TPSA) is 73.8 Å². The van der Waals surface area contributed by atoms with E-state index in [1.165, 1.54) is 0 Å². The van der Waals surface area contributed by atoms with Crippen LogP contribution in [0.2, 0.25) is 0 Å². The molecule has 5 nitrogen and oxygen atoms in total. The van der Waals surface area contributed by atoms with Crippen LogP contribution in [0.25, 0.3) is 0 Å². The van der Waals surface area contributed by atoms with Gasteiger partial charge in [-0.25, -0.2) is 9.97 Å². The van der Waals surface area contributed by atoms with Gasteiger partial charge in [-0.1, -0.05) is 6.92 Å². The summed E-state index contributed by atoms with van der Waals surface area (Å²) in [6.45, 7) is 2.05. The van der Waals surface area contributed by atoms with Crippen molar-refractivity contribution in [1.82, 2.24) is 15.0 Å². The lowest BCUT2D eigenvalue weighted by Gasteiger charge is -2.12. The maximum absolute atomic E-state index is 9.28. The van der Waals surface area contributed by atoms with Crippen LogP contribution in [0.3, 0.4) is 0 Å². The standard InChI is InChI=1S/C10H14N4OS/c1-2-7-6-16-10(13-7)14-8(5-15)9-11-3-4-12-9/h3-4,6,8,15H,2,5H2,1H3,(H,11,12)(H,13,14). The Bertz CT molecular complexity index is 426. The van der Waals surface area contributed by atoms with Gasteiger partial charge >= 0.3 is 0 Å². The molecule has 0 spiro atoms. The number of hydrogen-bond acceptors (Lipinski definition) is 5. The predicted molar refractivity (Wildman–Crippen MR) is 63.5 cm³/mol. The van der Waals surface area contributed by atoms with Gasteiger partial charge in [0.15, 0.2) is 5.13 Å². The number of aliphatic hydroxyl groups is 1. The molecule has 2 aromatic rings. The molecule has 0 radical (unpaired) electrons. The molecule has 0 aromatic carbocycles. The molecule has 1 unspecified atom stereocenters. The fourth-order valence-corrected chi connectivity index (χ4v) is 2.20. The number of nitrogens with one attached hydrogen (secondary N) is 2. The van der Waals surface area contributed by atoms with Crippen LogP contribution in [0.15, 0.2) is 17.8 Å². The van der Waals surface area contributed by atoms with Crippen molar-refractivity contribution in [1.29, 1.82) is 0 Å². The van der Waals surface area contributed by atoms with E-state index >= 15 is 0 Å². The van der Waals surface area contributed by atoms with Crippen LogP contribution < -0.4 is 5.32 Å². The third-order valence-electron chi connectivity index (χ3n) is 2.24. The van der Waals surface area contributed by atoms with E-state index < -0.39 is 0 Å². The van der Waals surface area contributed by atoms with Crippen molar-refractivity contribution in [2.45, 2.75) is 19.4 Å². The van der Waals surface area contributed by atoms with E-state index in [1.807, 2.05) is 5.38 Å². The molecular weight excluding hydrogens is 224 g/mol. The minimum Gasteiger partial charge on any atom is -0.394 e. The van der Waals surface area contributed by atoms with Gasteiger partial charge < -0.3 is 15.4 Å². The van der Waals surface area contributed by atoms with Crippen molar-refractivity contribution < 1.29 is 5.11 Å². The van der Waals surface area contributed by atoms with E-state index in [9.17, 15) is 5.11 Å². The van der Waals surface area contributed by atoms with Crippen LogP contribution in [0.5, 0.6) is 0 Å². The summed E-state index contributed by atoms with van der Waals surface area (Å²) >= 11 is 1.54. The predicted octanol–water partition coefficient (Wildman–Crippen LogP) is 1.57. The molecule has 1 atom stereocenters. The zero-order chi connectivity index (χ0) is 11.4. The van der Waals surface area contributed by atoms with E-state index in [0.717, 1.165) is 23.1 Å². The molecular formula is C10H14N4OS. The number of hydrogen-bond donors (Lipinski definition) is 3. The highest BCUT2D eigenvalue weighted by molar-refractivity contribution is 7.13. The van der Waals surface area contributed by atoms with Crippen molar-refractivity contribution in [2.75, 3.05) is 11.9 Å². The van der Waals surface area contributed by atoms with Crippen LogP contribution in [-0.4, -0.2) is 26.7 Å². The minimum absolute atomic E-state index is 0.0193. The summed E-state index contributed by atoms with van der Waals surface area (Å²) in [6, 6.07) is -0.231. The molecule has 0 aliphatic carbocycles. The Morgan fingerprint density at radius 3 is 3.06 bits per heavy atom. The second kappa shape index (κ2) is 5.09. The Labute approximate surface area is 97.6 Å². The molecule has 0 bridgehead atoms. The molecule has 2 heterocycles. The van der Waals surface area contributed by atoms with Gasteiger partial charge in [0.2, 0.25) is 0 Å². The smallest absolute Gasteiger partial charge is 0.183 e. The Morgan fingerprint density at radius 2 is 2.50 bits per heavy atom. The van der Waals surface area contributed by atoms with Gasteiger partial charge in [0.05, 0.1) is 12.3 Å². The molecule has 0 aliphatic rings. The number of thiazole rings is 1. The van der Waals surface area contributed by atoms with E-state index in [1.54, 1.807) is 23.7 Å². The highest BCUT2D eigenvalue weighted by atomic mass is 32.1. The van der Waals surface area contributed by atoms with Gasteiger partial charge in [0.25, 0.3) is 0 Å². The van der Waals surface area contributed by atoms with Crippen LogP contribution in [0.1, 0.15) is 24.5 Å². The largest absolute Gasteiger partial charge is 0.394 e. The highest BCUT2D eigenvalue weighted by Gasteiger charge is 2.13. The molecule has 16 heavy (non-hydrogen) atoms. The number of aliphatic hydroxyl groups excluding tert-OH is 1. The summed E-state index contributed by atoms with van der Waals surface area (Å²) in [7, 11) is 0. The van der Waals surface area contributed by atoms with E-state index in [2.05, 4.69) is 27.2 Å². The number of imidazole rings is 1. The SMILES string of the molecule is CCc1csc(NC(CO)c2ncc[nH]2)n1. The monoisotopic (exact) mass is 238 g/mol. The van der Waals surface area contributed by atoms with Gasteiger partial charge in [0, 0.05) is 17.8 Å². The van der Waals surface area contributed by atoms with Crippen molar-refractivity contribution in [3.05, 3.63) is 29.3 Å². The number of anilines is 1. The highest BCUT2D eigenvalue weighted by Crippen LogP contribution is 2.20. The molecule has 0 amide bonds. The van der Waals surface area contributed by atoms with Crippen molar-refractivity contribution >= 4 is 16.5 Å². The van der Waals surface area contributed by atoms with Gasteiger partial charge in [-0.15, -0.1) is 11.3 Å². The molecule has 0 saturated carbocycles. The summed E-state index contributed by atoms with van der Waals surface area (Å²) in [6.07, 6.45) is 4.32. The van der Waals surface area contributed by atoms with Gasteiger partial charge in [-0.3, -0.25) is 0 Å². The first kappa shape index (κ1) is 11.1. The summed E-state index contributed by atoms with van der Waals surface area (Å²) in [5.41, 5.74) is 1.06. The fraction of sp³-hybridized carbons (Fsp3) is 0.400. The molecule has 2 rings (SSSR count). The normalized spacial score (nSPS) is 12.6. The number of aromatic amines is 1. The lowest BCUT2D eigenvalue weighted by molar-refractivity contribution is 0.272. The molecule has 2 aromatic heterocycles. The second-order valence-electron chi connectivity index (χ2n) is 3.35. The zero-order valence-corrected chi connectivity index (χ0v) is 9.79. The van der Waals surface area contributed by atoms with Gasteiger partial charge in [-0.2, -0.15) is 0 Å². The van der Waals surface area contributed by atoms with E-state index in [0.29, 0.717) is 0 Å². The molecule has 0 aliphatic heterocycles. The third-order valence-corrected chi connectivity index (χ3v) is 3.07. The Hall–Kier alpha value is -1.40. The van der Waals surface area contributed by atoms with E-state index in [-0.39, 0.29) is 12.6 Å². The number of H-pyrrole nitrogens is 1. The maximum atomic E-state index is 9.28. The Morgan fingerprint density at radius 1 is 1.62 bits per heavy atom. The third kappa shape index (κ3) is 2.40. The zero-order valence-electron chi connectivity index (χ0n) is 8.97. The average Bonchev–Trinajstić information content (AvgIpc) is 2.96. The average molecular weight is 238 g/mol. The van der Waals surface area contributed by atoms with Crippen LogP contribution >= 0.6 is 11.3 Å². The molecule has 3 N–H and O–H groups in total. The fourth-order valence-electron chi connectivity index (χ4n) is 1.35. The van der Waals surface area contributed by atoms with Crippen LogP contribution in [0, 0.1) is 0 Å². The summed E-state index contributed by atoms with van der Waals surface area (Å²) in [5.74, 6) is 0.718. The summed E-state index contributed by atoms with van der Waals surface area (Å²) in [4.78, 5) is 11.5. The summed E-state index contributed by atoms with van der Waals surface area (Å²) < 4.78 is 0. The number of nitrogens with zero attached hydrogens (tertiary/aromatic N) is 2. The lowest BCUT2D eigenvalue weighted by Crippen LogP contribution is -2.16. The van der Waals surface area contributed by atoms with E-state index in [4.69, 9.17) is 0 Å². The molecule has 0 saturated heterocycles. The first-order valence-corrected chi connectivity index (χ1v) is 6.02. The first-order chi connectivity index (χ1) is 7.83. The number of aromatic nitrogens is 3. The van der Waals surface area contributed by atoms with Gasteiger partial charge in [-0.05, 0) is 6.42 Å². The minimum atomic E-state index is -0.231. The van der Waals surface area contributed by atoms with Crippen LogP contribution in [0.4, 0.5) is 5.13 Å². The molecule has 0 fully saturated rings. The van der Waals surface area contributed by atoms with Crippen molar-refractivity contribution in [3.8, 4) is 0 Å². The van der Waals surface area contributed by atoms with Crippen molar-refractivity contribution in [2.24, 2.45) is 0 Å². The van der Waals surface area contributed by atoms with Crippen molar-refractivity contribution in [3.63, 3.8) is 0 Å².